The number of ketones is 1. The van der Waals surface area contributed by atoms with E-state index in [9.17, 15) is 24.9 Å². The summed E-state index contributed by atoms with van der Waals surface area (Å²) < 4.78 is 19.2. The van der Waals surface area contributed by atoms with Crippen LogP contribution >= 0.6 is 0 Å². The number of carbonyl (C=O) groups excluding carboxylic acids is 2. The zero-order valence-electron chi connectivity index (χ0n) is 36.3. The predicted octanol–water partition coefficient (Wildman–Crippen LogP) is 5.61. The molecule has 0 aliphatic carbocycles. The monoisotopic (exact) mass is 798 g/mol. The van der Waals surface area contributed by atoms with Crippen molar-refractivity contribution in [2.75, 3.05) is 40.3 Å². The molecule has 3 heterocycles. The number of carbonyl (C=O) groups is 2. The first kappa shape index (κ1) is 47.2. The van der Waals surface area contributed by atoms with Gasteiger partial charge in [0.15, 0.2) is 12.1 Å². The van der Waals surface area contributed by atoms with Gasteiger partial charge in [0, 0.05) is 36.9 Å². The van der Waals surface area contributed by atoms with Gasteiger partial charge in [-0.1, -0.05) is 75.2 Å². The number of cyclic esters (lactones) is 1. The third-order valence-corrected chi connectivity index (χ3v) is 12.6. The van der Waals surface area contributed by atoms with Gasteiger partial charge in [-0.2, -0.15) is 0 Å². The van der Waals surface area contributed by atoms with Gasteiger partial charge in [0.2, 0.25) is 0 Å². The van der Waals surface area contributed by atoms with E-state index in [2.05, 4.69) is 41.9 Å². The quantitative estimate of drug-likeness (QED) is 0.228. The Morgan fingerprint density at radius 2 is 1.65 bits per heavy atom. The zero-order valence-corrected chi connectivity index (χ0v) is 36.3. The molecule has 11 nitrogen and oxygen atoms in total. The summed E-state index contributed by atoms with van der Waals surface area (Å²) in [5.74, 6) is -1.82. The molecule has 3 aliphatic heterocycles. The van der Waals surface area contributed by atoms with Crippen LogP contribution in [0.5, 0.6) is 0 Å². The van der Waals surface area contributed by atoms with Crippen LogP contribution in [0.4, 0.5) is 0 Å². The summed E-state index contributed by atoms with van der Waals surface area (Å²) in [5, 5.41) is 34.5. The fourth-order valence-corrected chi connectivity index (χ4v) is 8.94. The Labute approximate surface area is 343 Å². The van der Waals surface area contributed by atoms with Gasteiger partial charge in [0.05, 0.1) is 36.9 Å². The Morgan fingerprint density at radius 3 is 2.28 bits per heavy atom. The molecule has 1 aromatic carbocycles. The molecule has 4 rings (SSSR count). The number of nitrogens with zero attached hydrogens (tertiary/aromatic N) is 3. The average molecular weight is 798 g/mol. The fourth-order valence-electron chi connectivity index (χ4n) is 8.94. The van der Waals surface area contributed by atoms with Gasteiger partial charge in [0.25, 0.3) is 0 Å². The van der Waals surface area contributed by atoms with Crippen LogP contribution in [0.1, 0.15) is 99.0 Å². The topological polar surface area (TPSA) is 132 Å². The number of likely N-dealkylation sites (tertiary alicyclic amines) is 1. The number of rotatable bonds is 12. The van der Waals surface area contributed by atoms with E-state index in [0.29, 0.717) is 25.8 Å². The van der Waals surface area contributed by atoms with Crippen LogP contribution in [0.25, 0.3) is 0 Å². The molecule has 12 atom stereocenters. The Kier molecular flexibility index (Phi) is 18.9. The Balaban J connectivity index is 1.70. The highest BCUT2D eigenvalue weighted by Gasteiger charge is 2.47. The number of aliphatic hydroxyl groups is 3. The van der Waals surface area contributed by atoms with Crippen molar-refractivity contribution in [3.8, 4) is 0 Å². The number of piperidine rings is 1. The number of esters is 1. The molecule has 57 heavy (non-hydrogen) atoms. The summed E-state index contributed by atoms with van der Waals surface area (Å²) in [4.78, 5) is 34.4. The standard InChI is InChI=1S/C46H75N3O8/c1-10-40-37(29-49(30(2)3)28-35-17-13-11-14-18-35)25-31(4)19-20-38(50)32(5)26-36(21-24-48-22-15-12-16-23-48)45(33(6)39(51)27-41(52)56-40)57-46-44(54)42(47(8)9)43(53)34(7)55-46/h11,13-14,17-20,25,30,32-34,36-37,39-40,42-46,51,53-54H,10,12,15-16,21-24,26-29H2,1-9H3/b20-19-,31-25-/t32-,33+,34-,36+,37-,39-,40-,42+,43-,44-,45-,46+/m1/s1. The molecule has 0 aromatic heterocycles. The van der Waals surface area contributed by atoms with Gasteiger partial charge in [-0.05, 0) is 111 Å². The van der Waals surface area contributed by atoms with Crippen LogP contribution in [0.3, 0.4) is 0 Å². The first-order chi connectivity index (χ1) is 27.1. The van der Waals surface area contributed by atoms with E-state index < -0.39 is 60.8 Å². The van der Waals surface area contributed by atoms with Crippen molar-refractivity contribution in [1.29, 1.82) is 0 Å². The van der Waals surface area contributed by atoms with E-state index in [0.717, 1.165) is 44.6 Å². The van der Waals surface area contributed by atoms with Crippen LogP contribution in [0.2, 0.25) is 0 Å². The number of allylic oxidation sites excluding steroid dienone is 3. The maximum Gasteiger partial charge on any atom is 0.308 e. The lowest BCUT2D eigenvalue weighted by atomic mass is 9.79. The number of hydrogen-bond donors (Lipinski definition) is 3. The summed E-state index contributed by atoms with van der Waals surface area (Å²) in [5.41, 5.74) is 2.11. The molecule has 2 fully saturated rings. The molecule has 0 radical (unpaired) electrons. The van der Waals surface area contributed by atoms with Gasteiger partial charge in [-0.25, -0.2) is 0 Å². The summed E-state index contributed by atoms with van der Waals surface area (Å²) >= 11 is 0. The summed E-state index contributed by atoms with van der Waals surface area (Å²) in [6.45, 7) is 18.1. The van der Waals surface area contributed by atoms with Crippen molar-refractivity contribution in [2.24, 2.45) is 23.7 Å². The maximum absolute atomic E-state index is 13.9. The second kappa shape index (κ2) is 22.8. The van der Waals surface area contributed by atoms with Crippen LogP contribution in [0.15, 0.2) is 54.1 Å². The molecule has 0 amide bonds. The van der Waals surface area contributed by atoms with E-state index in [1.54, 1.807) is 32.0 Å². The van der Waals surface area contributed by atoms with E-state index >= 15 is 0 Å². The van der Waals surface area contributed by atoms with Gasteiger partial charge in [0.1, 0.15) is 12.2 Å². The number of ether oxygens (including phenoxy) is 3. The lowest BCUT2D eigenvalue weighted by molar-refractivity contribution is -0.304. The molecule has 0 bridgehead atoms. The van der Waals surface area contributed by atoms with E-state index in [1.807, 2.05) is 52.0 Å². The van der Waals surface area contributed by atoms with Crippen molar-refractivity contribution in [2.45, 2.75) is 155 Å². The number of likely N-dealkylation sites (N-methyl/N-ethyl adjacent to an activating group) is 1. The van der Waals surface area contributed by atoms with Gasteiger partial charge in [-0.3, -0.25) is 14.5 Å². The average Bonchev–Trinajstić information content (AvgIpc) is 3.17. The lowest BCUT2D eigenvalue weighted by Crippen LogP contribution is -2.63. The second-order valence-corrected chi connectivity index (χ2v) is 17.7. The molecule has 0 spiro atoms. The molecule has 322 valence electrons. The predicted molar refractivity (Wildman–Crippen MR) is 224 cm³/mol. The molecular weight excluding hydrogens is 723 g/mol. The fraction of sp³-hybridized carbons (Fsp3) is 0.739. The van der Waals surface area contributed by atoms with Gasteiger partial charge >= 0.3 is 5.97 Å². The summed E-state index contributed by atoms with van der Waals surface area (Å²) in [6, 6.07) is 9.90. The molecular formula is C46H75N3O8. The zero-order chi connectivity index (χ0) is 41.8. The maximum atomic E-state index is 13.9. The normalized spacial score (nSPS) is 35.9. The molecule has 3 aliphatic rings. The molecule has 0 saturated carbocycles. The van der Waals surface area contributed by atoms with Crippen molar-refractivity contribution in [1.82, 2.24) is 14.7 Å². The SMILES string of the molecule is CC[C@H]1OC(=O)C[C@@H](O)[C@H](C)[C@@H](O[C@@H]2O[C@H](C)[C@@H](O)[C@H](N(C)C)[C@H]2O)[C@@H](CCN2CCCCC2)C[C@@H](C)C(=O)/C=C\C(C)=C/[C@@H]1CN(Cc1ccccc1)C(C)C. The number of benzene rings is 1. The Bertz CT molecular complexity index is 1430. The van der Waals surface area contributed by atoms with Crippen molar-refractivity contribution in [3.63, 3.8) is 0 Å². The molecule has 1 aromatic rings. The molecule has 2 saturated heterocycles. The summed E-state index contributed by atoms with van der Waals surface area (Å²) in [6.07, 6.45) is 4.55. The van der Waals surface area contributed by atoms with Gasteiger partial charge in [-0.15, -0.1) is 0 Å². The third-order valence-electron chi connectivity index (χ3n) is 12.6. The summed E-state index contributed by atoms with van der Waals surface area (Å²) in [7, 11) is 3.60. The Morgan fingerprint density at radius 1 is 0.965 bits per heavy atom. The first-order valence-electron chi connectivity index (χ1n) is 21.7. The van der Waals surface area contributed by atoms with Crippen LogP contribution < -0.4 is 0 Å². The van der Waals surface area contributed by atoms with Crippen molar-refractivity contribution >= 4 is 11.8 Å². The molecule has 3 N–H and O–H groups in total. The van der Waals surface area contributed by atoms with Crippen LogP contribution in [-0.2, 0) is 30.3 Å². The van der Waals surface area contributed by atoms with Gasteiger partial charge < -0.3 is 39.3 Å². The highest BCUT2D eigenvalue weighted by atomic mass is 16.7. The highest BCUT2D eigenvalue weighted by molar-refractivity contribution is 5.91. The third kappa shape index (κ3) is 13.8. The van der Waals surface area contributed by atoms with Crippen molar-refractivity contribution < 1.29 is 39.1 Å². The van der Waals surface area contributed by atoms with E-state index in [-0.39, 0.29) is 36.0 Å². The minimum absolute atomic E-state index is 0.00559. The molecule has 0 unspecified atom stereocenters. The molecule has 11 heteroatoms. The lowest BCUT2D eigenvalue weighted by Gasteiger charge is -2.47. The number of aliphatic hydroxyl groups excluding tert-OH is 3. The van der Waals surface area contributed by atoms with E-state index in [1.165, 1.54) is 12.0 Å². The minimum atomic E-state index is -1.19. The second-order valence-electron chi connectivity index (χ2n) is 17.7. The Hall–Kier alpha value is -2.48. The largest absolute Gasteiger partial charge is 0.462 e. The van der Waals surface area contributed by atoms with Crippen LogP contribution in [-0.4, -0.2) is 137 Å². The minimum Gasteiger partial charge on any atom is -0.462 e. The highest BCUT2D eigenvalue weighted by Crippen LogP contribution is 2.35. The first-order valence-corrected chi connectivity index (χ1v) is 21.7. The van der Waals surface area contributed by atoms with Crippen LogP contribution in [0, 0.1) is 23.7 Å². The van der Waals surface area contributed by atoms with E-state index in [4.69, 9.17) is 14.2 Å². The number of hydrogen-bond acceptors (Lipinski definition) is 11. The smallest absolute Gasteiger partial charge is 0.308 e. The van der Waals surface area contributed by atoms with Crippen molar-refractivity contribution in [3.05, 3.63) is 59.7 Å².